The number of aliphatic carboxylic acids is 1. The van der Waals surface area contributed by atoms with Crippen LogP contribution in [0.3, 0.4) is 0 Å². The van der Waals surface area contributed by atoms with Crippen molar-refractivity contribution < 1.29 is 14.3 Å². The fourth-order valence-electron chi connectivity index (χ4n) is 2.30. The van der Waals surface area contributed by atoms with E-state index in [0.717, 1.165) is 0 Å². The van der Waals surface area contributed by atoms with Crippen molar-refractivity contribution in [1.29, 1.82) is 5.26 Å². The molecule has 1 N–H and O–H groups in total. The van der Waals surface area contributed by atoms with Gasteiger partial charge >= 0.3 is 5.97 Å². The molecule has 0 unspecified atom stereocenters. The highest BCUT2D eigenvalue weighted by atomic mass is 19.1. The maximum absolute atomic E-state index is 13.1. The molecular formula is C17H15FN2O3. The summed E-state index contributed by atoms with van der Waals surface area (Å²) < 4.78 is 14.5. The number of aromatic nitrogens is 1. The van der Waals surface area contributed by atoms with Crippen molar-refractivity contribution in [3.63, 3.8) is 0 Å². The van der Waals surface area contributed by atoms with Gasteiger partial charge in [-0.05, 0) is 54.8 Å². The minimum atomic E-state index is -0.887. The number of carboxylic acids is 1. The van der Waals surface area contributed by atoms with Crippen LogP contribution in [-0.2, 0) is 11.3 Å². The van der Waals surface area contributed by atoms with Crippen LogP contribution < -0.4 is 5.56 Å². The van der Waals surface area contributed by atoms with Crippen molar-refractivity contribution in [3.05, 3.63) is 58.1 Å². The molecule has 0 amide bonds. The quantitative estimate of drug-likeness (QED) is 0.831. The van der Waals surface area contributed by atoms with Crippen LogP contribution in [-0.4, -0.2) is 15.6 Å². The average molecular weight is 314 g/mol. The summed E-state index contributed by atoms with van der Waals surface area (Å²) in [7, 11) is 0. The SMILES string of the molecule is N#Cc1ccc(-c2ccc(F)cc2)n(CCCCC(=O)O)c1=O. The minimum Gasteiger partial charge on any atom is -0.481 e. The van der Waals surface area contributed by atoms with Gasteiger partial charge in [-0.1, -0.05) is 0 Å². The van der Waals surface area contributed by atoms with Gasteiger partial charge in [0.15, 0.2) is 0 Å². The third-order valence-electron chi connectivity index (χ3n) is 3.46. The van der Waals surface area contributed by atoms with Gasteiger partial charge in [0.25, 0.3) is 5.56 Å². The van der Waals surface area contributed by atoms with Crippen LogP contribution in [0.4, 0.5) is 4.39 Å². The number of carbonyl (C=O) groups is 1. The molecule has 0 aliphatic rings. The molecule has 0 saturated carbocycles. The number of halogens is 1. The zero-order chi connectivity index (χ0) is 16.8. The maximum Gasteiger partial charge on any atom is 0.303 e. The van der Waals surface area contributed by atoms with Gasteiger partial charge in [-0.25, -0.2) is 4.39 Å². The lowest BCUT2D eigenvalue weighted by Gasteiger charge is -2.13. The van der Waals surface area contributed by atoms with Crippen molar-refractivity contribution in [2.24, 2.45) is 0 Å². The van der Waals surface area contributed by atoms with Crippen LogP contribution in [0.25, 0.3) is 11.3 Å². The van der Waals surface area contributed by atoms with Gasteiger partial charge in [-0.3, -0.25) is 9.59 Å². The Morgan fingerprint density at radius 3 is 2.48 bits per heavy atom. The van der Waals surface area contributed by atoms with E-state index in [0.29, 0.717) is 30.6 Å². The molecule has 0 fully saturated rings. The molecule has 0 aliphatic heterocycles. The van der Waals surface area contributed by atoms with Crippen molar-refractivity contribution >= 4 is 5.97 Å². The van der Waals surface area contributed by atoms with Gasteiger partial charge in [0.2, 0.25) is 0 Å². The van der Waals surface area contributed by atoms with Crippen molar-refractivity contribution in [2.75, 3.05) is 0 Å². The molecule has 2 rings (SSSR count). The van der Waals surface area contributed by atoms with Crippen LogP contribution in [0.1, 0.15) is 24.8 Å². The molecule has 0 aliphatic carbocycles. The van der Waals surface area contributed by atoms with Crippen molar-refractivity contribution in [3.8, 4) is 17.3 Å². The Labute approximate surface area is 132 Å². The molecule has 0 atom stereocenters. The van der Waals surface area contributed by atoms with E-state index in [9.17, 15) is 14.0 Å². The molecule has 2 aromatic rings. The van der Waals surface area contributed by atoms with Crippen LogP contribution >= 0.6 is 0 Å². The molecule has 1 aromatic carbocycles. The maximum atomic E-state index is 13.1. The molecule has 23 heavy (non-hydrogen) atoms. The molecular weight excluding hydrogens is 299 g/mol. The third kappa shape index (κ3) is 4.04. The first-order valence-electron chi connectivity index (χ1n) is 7.14. The molecule has 5 nitrogen and oxygen atoms in total. The lowest BCUT2D eigenvalue weighted by atomic mass is 10.1. The third-order valence-corrected chi connectivity index (χ3v) is 3.46. The summed E-state index contributed by atoms with van der Waals surface area (Å²) in [4.78, 5) is 22.9. The first kappa shape index (κ1) is 16.4. The highest BCUT2D eigenvalue weighted by Gasteiger charge is 2.10. The predicted molar refractivity (Wildman–Crippen MR) is 82.3 cm³/mol. The summed E-state index contributed by atoms with van der Waals surface area (Å²) in [5.41, 5.74) is 0.828. The summed E-state index contributed by atoms with van der Waals surface area (Å²) >= 11 is 0. The van der Waals surface area contributed by atoms with E-state index in [1.165, 1.54) is 22.8 Å². The van der Waals surface area contributed by atoms with Gasteiger partial charge in [0, 0.05) is 13.0 Å². The average Bonchev–Trinajstić information content (AvgIpc) is 2.53. The second-order valence-corrected chi connectivity index (χ2v) is 5.06. The van der Waals surface area contributed by atoms with E-state index < -0.39 is 11.5 Å². The van der Waals surface area contributed by atoms with Gasteiger partial charge in [0.05, 0.1) is 5.69 Å². The molecule has 1 heterocycles. The summed E-state index contributed by atoms with van der Waals surface area (Å²) in [5, 5.41) is 17.7. The Morgan fingerprint density at radius 1 is 1.17 bits per heavy atom. The number of rotatable bonds is 6. The number of carboxylic acid groups (broad SMARTS) is 1. The van der Waals surface area contributed by atoms with E-state index in [2.05, 4.69) is 0 Å². The zero-order valence-corrected chi connectivity index (χ0v) is 12.3. The largest absolute Gasteiger partial charge is 0.481 e. The Hall–Kier alpha value is -2.94. The van der Waals surface area contributed by atoms with Crippen LogP contribution in [0.15, 0.2) is 41.2 Å². The molecule has 0 radical (unpaired) electrons. The molecule has 118 valence electrons. The molecule has 0 saturated heterocycles. The minimum absolute atomic E-state index is 0.0223. The summed E-state index contributed by atoms with van der Waals surface area (Å²) in [5.74, 6) is -1.26. The predicted octanol–water partition coefficient (Wildman–Crippen LogP) is 2.78. The number of benzene rings is 1. The number of hydrogen-bond acceptors (Lipinski definition) is 3. The number of nitrogens with zero attached hydrogens (tertiary/aromatic N) is 2. The zero-order valence-electron chi connectivity index (χ0n) is 12.3. The van der Waals surface area contributed by atoms with Gasteiger partial charge in [-0.15, -0.1) is 0 Å². The number of pyridine rings is 1. The standard InChI is InChI=1S/C17H15FN2O3/c18-14-7-4-12(5-8-14)15-9-6-13(11-19)17(23)20(15)10-2-1-3-16(21)22/h4-9H,1-3,10H2,(H,21,22). The number of unbranched alkanes of at least 4 members (excludes halogenated alkanes) is 1. The topological polar surface area (TPSA) is 83.1 Å². The van der Waals surface area contributed by atoms with Gasteiger partial charge < -0.3 is 9.67 Å². The normalized spacial score (nSPS) is 10.3. The van der Waals surface area contributed by atoms with E-state index in [4.69, 9.17) is 10.4 Å². The second-order valence-electron chi connectivity index (χ2n) is 5.06. The molecule has 0 spiro atoms. The smallest absolute Gasteiger partial charge is 0.303 e. The second kappa shape index (κ2) is 7.36. The first-order valence-corrected chi connectivity index (χ1v) is 7.14. The summed E-state index contributed by atoms with van der Waals surface area (Å²) in [6.07, 6.45) is 0.954. The van der Waals surface area contributed by atoms with Crippen molar-refractivity contribution in [2.45, 2.75) is 25.8 Å². The Kier molecular flexibility index (Phi) is 5.26. The Morgan fingerprint density at radius 2 is 1.87 bits per heavy atom. The molecule has 0 bridgehead atoms. The fraction of sp³-hybridized carbons (Fsp3) is 0.235. The van der Waals surface area contributed by atoms with Gasteiger partial charge in [0.1, 0.15) is 17.4 Å². The molecule has 1 aromatic heterocycles. The monoisotopic (exact) mass is 314 g/mol. The first-order chi connectivity index (χ1) is 11.0. The summed E-state index contributed by atoms with van der Waals surface area (Å²) in [6, 6.07) is 10.6. The van der Waals surface area contributed by atoms with E-state index in [1.54, 1.807) is 18.2 Å². The van der Waals surface area contributed by atoms with Crippen LogP contribution in [0, 0.1) is 17.1 Å². The van der Waals surface area contributed by atoms with Crippen molar-refractivity contribution in [1.82, 2.24) is 4.57 Å². The Bertz CT molecular complexity index is 804. The Balaban J connectivity index is 2.36. The highest BCUT2D eigenvalue weighted by molar-refractivity contribution is 5.66. The molecule has 6 heteroatoms. The van der Waals surface area contributed by atoms with E-state index in [1.807, 2.05) is 6.07 Å². The van der Waals surface area contributed by atoms with E-state index >= 15 is 0 Å². The lowest BCUT2D eigenvalue weighted by Crippen LogP contribution is -2.24. The lowest BCUT2D eigenvalue weighted by molar-refractivity contribution is -0.137. The summed E-state index contributed by atoms with van der Waals surface area (Å²) in [6.45, 7) is 0.300. The van der Waals surface area contributed by atoms with Crippen LogP contribution in [0.2, 0.25) is 0 Å². The highest BCUT2D eigenvalue weighted by Crippen LogP contribution is 2.19. The van der Waals surface area contributed by atoms with E-state index in [-0.39, 0.29) is 17.8 Å². The number of hydrogen-bond donors (Lipinski definition) is 1. The van der Waals surface area contributed by atoms with Crippen LogP contribution in [0.5, 0.6) is 0 Å². The fourth-order valence-corrected chi connectivity index (χ4v) is 2.30. The number of nitriles is 1. The van der Waals surface area contributed by atoms with Gasteiger partial charge in [-0.2, -0.15) is 5.26 Å².